The van der Waals surface area contributed by atoms with Gasteiger partial charge in [0.1, 0.15) is 5.82 Å². The van der Waals surface area contributed by atoms with E-state index in [9.17, 15) is 9.18 Å². The Morgan fingerprint density at radius 2 is 1.96 bits per heavy atom. The minimum atomic E-state index is -1.88. The maximum atomic E-state index is 13.8. The van der Waals surface area contributed by atoms with Crippen LogP contribution in [0.2, 0.25) is 18.1 Å². The van der Waals surface area contributed by atoms with Crippen LogP contribution < -0.4 is 0 Å². The summed E-state index contributed by atoms with van der Waals surface area (Å²) >= 11 is 0. The molecule has 2 fully saturated rings. The molecule has 5 heteroatoms. The highest BCUT2D eigenvalue weighted by atomic mass is 28.4. The summed E-state index contributed by atoms with van der Waals surface area (Å²) in [4.78, 5) is 14.7. The molecule has 3 nitrogen and oxygen atoms in total. The molecule has 3 atom stereocenters. The molecule has 3 rings (SSSR count). The van der Waals surface area contributed by atoms with Gasteiger partial charge in [-0.05, 0) is 61.5 Å². The molecule has 0 aliphatic carbocycles. The zero-order valence-corrected chi connectivity index (χ0v) is 17.7. The number of piperidine rings is 2. The van der Waals surface area contributed by atoms with Crippen molar-refractivity contribution in [1.29, 1.82) is 0 Å². The average molecular weight is 378 g/mol. The van der Waals surface area contributed by atoms with Crippen LogP contribution in [-0.2, 0) is 9.22 Å². The second-order valence-corrected chi connectivity index (χ2v) is 14.1. The van der Waals surface area contributed by atoms with Crippen molar-refractivity contribution in [3.63, 3.8) is 0 Å². The van der Waals surface area contributed by atoms with E-state index in [1.54, 1.807) is 12.1 Å². The molecule has 0 N–H and O–H groups in total. The molecule has 1 aromatic rings. The van der Waals surface area contributed by atoms with Crippen molar-refractivity contribution >= 4 is 14.2 Å². The second-order valence-electron chi connectivity index (χ2n) is 9.39. The molecule has 0 aromatic heterocycles. The topological polar surface area (TPSA) is 29.5 Å². The lowest BCUT2D eigenvalue weighted by Crippen LogP contribution is -2.54. The monoisotopic (exact) mass is 377 g/mol. The number of hydrogen-bond acceptors (Lipinski definition) is 2. The van der Waals surface area contributed by atoms with Crippen LogP contribution in [0.3, 0.4) is 0 Å². The van der Waals surface area contributed by atoms with Crippen molar-refractivity contribution < 1.29 is 13.6 Å². The highest BCUT2D eigenvalue weighted by molar-refractivity contribution is 6.74. The summed E-state index contributed by atoms with van der Waals surface area (Å²) in [6, 6.07) is 6.87. The molecule has 26 heavy (non-hydrogen) atoms. The summed E-state index contributed by atoms with van der Waals surface area (Å²) in [5.74, 6) is -0.0303. The number of carbonyl (C=O) groups excluding carboxylic acids is 1. The van der Waals surface area contributed by atoms with Crippen molar-refractivity contribution in [3.05, 3.63) is 35.6 Å². The molecule has 0 bridgehead atoms. The van der Waals surface area contributed by atoms with Gasteiger partial charge in [0.05, 0.1) is 6.04 Å². The van der Waals surface area contributed by atoms with Crippen LogP contribution in [0.4, 0.5) is 4.39 Å². The minimum absolute atomic E-state index is 0.0768. The summed E-state index contributed by atoms with van der Waals surface area (Å²) in [6.45, 7) is 11.3. The van der Waals surface area contributed by atoms with E-state index in [2.05, 4.69) is 33.9 Å². The van der Waals surface area contributed by atoms with Crippen molar-refractivity contribution in [2.24, 2.45) is 0 Å². The van der Waals surface area contributed by atoms with E-state index >= 15 is 0 Å². The van der Waals surface area contributed by atoms with Gasteiger partial charge in [-0.25, -0.2) is 4.39 Å². The summed E-state index contributed by atoms with van der Waals surface area (Å²) in [5.41, 5.74) is 0.897. The Kier molecular flexibility index (Phi) is 5.32. The molecule has 2 saturated heterocycles. The lowest BCUT2D eigenvalue weighted by Gasteiger charge is -2.50. The zero-order valence-electron chi connectivity index (χ0n) is 16.7. The Balaban J connectivity index is 1.89. The van der Waals surface area contributed by atoms with E-state index in [4.69, 9.17) is 4.43 Å². The maximum absolute atomic E-state index is 13.8. The van der Waals surface area contributed by atoms with Crippen LogP contribution >= 0.6 is 0 Å². The van der Waals surface area contributed by atoms with E-state index in [1.165, 1.54) is 6.07 Å². The first-order valence-electron chi connectivity index (χ1n) is 9.83. The third kappa shape index (κ3) is 3.89. The summed E-state index contributed by atoms with van der Waals surface area (Å²) in [6.07, 6.45) is 4.38. The van der Waals surface area contributed by atoms with Crippen molar-refractivity contribution in [2.75, 3.05) is 0 Å². The fourth-order valence-electron chi connectivity index (χ4n) is 4.08. The van der Waals surface area contributed by atoms with Gasteiger partial charge in [0.25, 0.3) is 0 Å². The highest BCUT2D eigenvalue weighted by Gasteiger charge is 2.45. The van der Waals surface area contributed by atoms with E-state index < -0.39 is 8.32 Å². The number of fused-ring (bicyclic) bond motifs is 1. The second kappa shape index (κ2) is 7.08. The minimum Gasteiger partial charge on any atom is -0.414 e. The van der Waals surface area contributed by atoms with Gasteiger partial charge in [-0.3, -0.25) is 4.79 Å². The fraction of sp³-hybridized carbons (Fsp3) is 0.667. The fourth-order valence-corrected chi connectivity index (χ4v) is 5.46. The Bertz CT molecular complexity index is 670. The van der Waals surface area contributed by atoms with Gasteiger partial charge in [-0.1, -0.05) is 32.9 Å². The first-order valence-corrected chi connectivity index (χ1v) is 12.7. The standard InChI is InChI=1S/C21H32FNO2Si/c1-21(2,3)26(4,5)25-18-13-17-10-7-11-20(24)23(17)19(14-18)15-8-6-9-16(22)12-15/h6,8-9,12,17-19H,7,10-11,13-14H2,1-5H3/t17?,18-,19+/m1/s1. The number of hydrogen-bond donors (Lipinski definition) is 0. The molecule has 144 valence electrons. The average Bonchev–Trinajstić information content (AvgIpc) is 2.53. The number of carbonyl (C=O) groups is 1. The molecule has 0 radical (unpaired) electrons. The first kappa shape index (κ1) is 19.6. The third-order valence-electron chi connectivity index (χ3n) is 6.47. The molecule has 1 aromatic carbocycles. The number of benzene rings is 1. The largest absolute Gasteiger partial charge is 0.414 e. The van der Waals surface area contributed by atoms with Gasteiger partial charge < -0.3 is 9.33 Å². The third-order valence-corrected chi connectivity index (χ3v) is 11.0. The molecule has 2 aliphatic heterocycles. The lowest BCUT2D eigenvalue weighted by molar-refractivity contribution is -0.144. The van der Waals surface area contributed by atoms with Crippen LogP contribution in [0.5, 0.6) is 0 Å². The van der Waals surface area contributed by atoms with E-state index in [-0.39, 0.29) is 35.0 Å². The van der Waals surface area contributed by atoms with Crippen molar-refractivity contribution in [3.8, 4) is 0 Å². The summed E-state index contributed by atoms with van der Waals surface area (Å²) < 4.78 is 20.6. The van der Waals surface area contributed by atoms with Gasteiger partial charge in [0.2, 0.25) is 5.91 Å². The molecule has 1 amide bonds. The number of rotatable bonds is 3. The van der Waals surface area contributed by atoms with Gasteiger partial charge >= 0.3 is 0 Å². The van der Waals surface area contributed by atoms with Crippen molar-refractivity contribution in [1.82, 2.24) is 4.90 Å². The van der Waals surface area contributed by atoms with Gasteiger partial charge in [-0.2, -0.15) is 0 Å². The van der Waals surface area contributed by atoms with Crippen LogP contribution in [0.15, 0.2) is 24.3 Å². The van der Waals surface area contributed by atoms with Gasteiger partial charge in [-0.15, -0.1) is 0 Å². The Morgan fingerprint density at radius 3 is 2.62 bits per heavy atom. The quantitative estimate of drug-likeness (QED) is 0.657. The van der Waals surface area contributed by atoms with Crippen LogP contribution in [0.25, 0.3) is 0 Å². The smallest absolute Gasteiger partial charge is 0.223 e. The number of amides is 1. The first-order chi connectivity index (χ1) is 12.1. The number of halogens is 1. The highest BCUT2D eigenvalue weighted by Crippen LogP contribution is 2.44. The van der Waals surface area contributed by atoms with E-state index in [0.29, 0.717) is 6.42 Å². The van der Waals surface area contributed by atoms with Crippen molar-refractivity contribution in [2.45, 2.75) is 89.2 Å². The molecule has 2 aliphatic rings. The Labute approximate surface area is 158 Å². The van der Waals surface area contributed by atoms with E-state index in [0.717, 1.165) is 31.2 Å². The lowest BCUT2D eigenvalue weighted by atomic mass is 9.84. The van der Waals surface area contributed by atoms with Gasteiger partial charge in [0.15, 0.2) is 8.32 Å². The Hall–Kier alpha value is -1.20. The molecule has 1 unspecified atom stereocenters. The predicted molar refractivity (Wildman–Crippen MR) is 105 cm³/mol. The zero-order chi connectivity index (χ0) is 19.1. The normalized spacial score (nSPS) is 27.4. The van der Waals surface area contributed by atoms with Crippen LogP contribution in [-0.4, -0.2) is 31.3 Å². The summed E-state index contributed by atoms with van der Waals surface area (Å²) in [7, 11) is -1.88. The molecular weight excluding hydrogens is 345 g/mol. The number of nitrogens with zero attached hydrogens (tertiary/aromatic N) is 1. The molecule has 2 heterocycles. The molecule has 0 spiro atoms. The molecular formula is C21H32FNO2Si. The van der Waals surface area contributed by atoms with Gasteiger partial charge in [0, 0.05) is 18.6 Å². The molecule has 0 saturated carbocycles. The maximum Gasteiger partial charge on any atom is 0.223 e. The van der Waals surface area contributed by atoms with E-state index in [1.807, 2.05) is 11.0 Å². The van der Waals surface area contributed by atoms with Crippen LogP contribution in [0.1, 0.15) is 64.5 Å². The predicted octanol–water partition coefficient (Wildman–Crippen LogP) is 5.43. The SMILES string of the molecule is CC(C)(C)[Si](C)(C)O[C@@H]1CC2CCCC(=O)N2[C@H](c2cccc(F)c2)C1. The van der Waals surface area contributed by atoms with Crippen LogP contribution in [0, 0.1) is 5.82 Å². The summed E-state index contributed by atoms with van der Waals surface area (Å²) in [5, 5.41) is 0.154. The Morgan fingerprint density at radius 1 is 1.23 bits per heavy atom.